The van der Waals surface area contributed by atoms with Crippen LogP contribution in [0.25, 0.3) is 0 Å². The molecule has 0 heterocycles. The van der Waals surface area contributed by atoms with E-state index in [0.717, 1.165) is 11.5 Å². The standard InChI is InChI=1S/C17H27NO3/c1-18(14-7-4-3-5-8-14)12-15(19)13-21-17-10-6-9-16(11-17)20-2/h6,9-11,14-15,19H,3-5,7-8,12-13H2,1-2H3. The van der Waals surface area contributed by atoms with Crippen molar-refractivity contribution in [3.8, 4) is 11.5 Å². The number of aliphatic hydroxyl groups is 1. The average Bonchev–Trinajstić information content (AvgIpc) is 2.54. The van der Waals surface area contributed by atoms with Crippen molar-refractivity contribution in [2.24, 2.45) is 0 Å². The molecule has 1 atom stereocenters. The lowest BCUT2D eigenvalue weighted by atomic mass is 9.94. The normalized spacial score (nSPS) is 17.7. The molecule has 0 bridgehead atoms. The van der Waals surface area contributed by atoms with Gasteiger partial charge in [0.05, 0.1) is 7.11 Å². The molecule has 0 saturated heterocycles. The molecule has 1 fully saturated rings. The minimum Gasteiger partial charge on any atom is -0.497 e. The van der Waals surface area contributed by atoms with Gasteiger partial charge >= 0.3 is 0 Å². The van der Waals surface area contributed by atoms with Crippen LogP contribution in [0.4, 0.5) is 0 Å². The van der Waals surface area contributed by atoms with E-state index in [-0.39, 0.29) is 0 Å². The number of nitrogens with zero attached hydrogens (tertiary/aromatic N) is 1. The summed E-state index contributed by atoms with van der Waals surface area (Å²) in [4.78, 5) is 2.28. The van der Waals surface area contributed by atoms with E-state index in [0.29, 0.717) is 19.2 Å². The summed E-state index contributed by atoms with van der Waals surface area (Å²) in [5.74, 6) is 1.50. The second-order valence-corrected chi connectivity index (χ2v) is 5.88. The molecule has 1 aliphatic carbocycles. The zero-order chi connectivity index (χ0) is 15.1. The van der Waals surface area contributed by atoms with Gasteiger partial charge in [-0.3, -0.25) is 0 Å². The van der Waals surface area contributed by atoms with Crippen LogP contribution in [-0.2, 0) is 0 Å². The predicted octanol–water partition coefficient (Wildman–Crippen LogP) is 2.70. The molecule has 4 nitrogen and oxygen atoms in total. The van der Waals surface area contributed by atoms with E-state index >= 15 is 0 Å². The molecule has 1 N–H and O–H groups in total. The number of hydrogen-bond acceptors (Lipinski definition) is 4. The number of ether oxygens (including phenoxy) is 2. The minimum absolute atomic E-state index is 0.310. The van der Waals surface area contributed by atoms with Gasteiger partial charge in [-0.1, -0.05) is 25.3 Å². The van der Waals surface area contributed by atoms with Gasteiger partial charge in [0, 0.05) is 18.7 Å². The van der Waals surface area contributed by atoms with Crippen molar-refractivity contribution in [3.05, 3.63) is 24.3 Å². The van der Waals surface area contributed by atoms with Gasteiger partial charge in [-0.15, -0.1) is 0 Å². The maximum Gasteiger partial charge on any atom is 0.123 e. The van der Waals surface area contributed by atoms with Crippen LogP contribution in [0.15, 0.2) is 24.3 Å². The first-order valence-corrected chi connectivity index (χ1v) is 7.84. The van der Waals surface area contributed by atoms with Crippen molar-refractivity contribution in [1.29, 1.82) is 0 Å². The Bertz CT molecular complexity index is 418. The predicted molar refractivity (Wildman–Crippen MR) is 84.0 cm³/mol. The van der Waals surface area contributed by atoms with Crippen LogP contribution >= 0.6 is 0 Å². The molecule has 0 radical (unpaired) electrons. The quantitative estimate of drug-likeness (QED) is 0.839. The van der Waals surface area contributed by atoms with E-state index in [1.807, 2.05) is 24.3 Å². The van der Waals surface area contributed by atoms with Gasteiger partial charge < -0.3 is 19.5 Å². The highest BCUT2D eigenvalue weighted by atomic mass is 16.5. The Labute approximate surface area is 127 Å². The zero-order valence-electron chi connectivity index (χ0n) is 13.1. The highest BCUT2D eigenvalue weighted by molar-refractivity contribution is 5.32. The molecular formula is C17H27NO3. The Morgan fingerprint density at radius 3 is 2.67 bits per heavy atom. The molecule has 1 aromatic carbocycles. The van der Waals surface area contributed by atoms with Crippen molar-refractivity contribution >= 4 is 0 Å². The number of likely N-dealkylation sites (N-methyl/N-ethyl adjacent to an activating group) is 1. The SMILES string of the molecule is COc1cccc(OCC(O)CN(C)C2CCCCC2)c1. The van der Waals surface area contributed by atoms with Crippen molar-refractivity contribution < 1.29 is 14.6 Å². The van der Waals surface area contributed by atoms with Gasteiger partial charge in [-0.05, 0) is 32.0 Å². The molecule has 0 aliphatic heterocycles. The Morgan fingerprint density at radius 1 is 1.24 bits per heavy atom. The molecule has 21 heavy (non-hydrogen) atoms. The summed E-state index contributed by atoms with van der Waals surface area (Å²) in [5, 5.41) is 10.1. The third-order valence-electron chi connectivity index (χ3n) is 4.18. The maximum absolute atomic E-state index is 10.1. The van der Waals surface area contributed by atoms with Gasteiger partial charge in [-0.2, -0.15) is 0 Å². The van der Waals surface area contributed by atoms with Crippen LogP contribution < -0.4 is 9.47 Å². The van der Waals surface area contributed by atoms with Gasteiger partial charge in [-0.25, -0.2) is 0 Å². The molecule has 1 aliphatic rings. The molecule has 118 valence electrons. The fraction of sp³-hybridized carbons (Fsp3) is 0.647. The number of methoxy groups -OCH3 is 1. The van der Waals surface area contributed by atoms with Gasteiger partial charge in [0.15, 0.2) is 0 Å². The molecular weight excluding hydrogens is 266 g/mol. The lowest BCUT2D eigenvalue weighted by Crippen LogP contribution is -2.40. The molecule has 1 aromatic rings. The summed E-state index contributed by atoms with van der Waals surface area (Å²) in [7, 11) is 3.73. The van der Waals surface area contributed by atoms with Crippen LogP contribution in [0.1, 0.15) is 32.1 Å². The van der Waals surface area contributed by atoms with E-state index in [9.17, 15) is 5.11 Å². The summed E-state index contributed by atoms with van der Waals surface area (Å²) >= 11 is 0. The summed E-state index contributed by atoms with van der Waals surface area (Å²) < 4.78 is 10.8. The van der Waals surface area contributed by atoms with Crippen LogP contribution in [-0.4, -0.2) is 49.5 Å². The third-order valence-corrected chi connectivity index (χ3v) is 4.18. The molecule has 0 spiro atoms. The van der Waals surface area contributed by atoms with Gasteiger partial charge in [0.25, 0.3) is 0 Å². The van der Waals surface area contributed by atoms with Crippen LogP contribution in [0.2, 0.25) is 0 Å². The van der Waals surface area contributed by atoms with Crippen LogP contribution in [0.5, 0.6) is 11.5 Å². The zero-order valence-corrected chi connectivity index (χ0v) is 13.1. The minimum atomic E-state index is -0.469. The largest absolute Gasteiger partial charge is 0.497 e. The number of aliphatic hydroxyl groups excluding tert-OH is 1. The van der Waals surface area contributed by atoms with Gasteiger partial charge in [0.1, 0.15) is 24.2 Å². The summed E-state index contributed by atoms with van der Waals surface area (Å²) in [6, 6.07) is 8.08. The average molecular weight is 293 g/mol. The molecule has 4 heteroatoms. The Morgan fingerprint density at radius 2 is 1.95 bits per heavy atom. The second-order valence-electron chi connectivity index (χ2n) is 5.88. The Balaban J connectivity index is 1.74. The Kier molecular flexibility index (Phi) is 6.33. The highest BCUT2D eigenvalue weighted by Crippen LogP contribution is 2.22. The number of rotatable bonds is 7. The highest BCUT2D eigenvalue weighted by Gasteiger charge is 2.20. The van der Waals surface area contributed by atoms with Crippen molar-refractivity contribution in [2.75, 3.05) is 27.3 Å². The van der Waals surface area contributed by atoms with Gasteiger partial charge in [0.2, 0.25) is 0 Å². The van der Waals surface area contributed by atoms with E-state index in [4.69, 9.17) is 9.47 Å². The van der Waals surface area contributed by atoms with E-state index in [1.165, 1.54) is 32.1 Å². The lowest BCUT2D eigenvalue weighted by molar-refractivity contribution is 0.0561. The monoisotopic (exact) mass is 293 g/mol. The molecule has 2 rings (SSSR count). The number of hydrogen-bond donors (Lipinski definition) is 1. The first kappa shape index (κ1) is 16.1. The third kappa shape index (κ3) is 5.21. The molecule has 0 amide bonds. The summed E-state index contributed by atoms with van der Waals surface area (Å²) in [6.07, 6.45) is 6.01. The van der Waals surface area contributed by atoms with Crippen LogP contribution in [0, 0.1) is 0 Å². The topological polar surface area (TPSA) is 41.9 Å². The van der Waals surface area contributed by atoms with Crippen molar-refractivity contribution in [3.63, 3.8) is 0 Å². The summed E-state index contributed by atoms with van der Waals surface area (Å²) in [5.41, 5.74) is 0. The number of benzene rings is 1. The second kappa shape index (κ2) is 8.25. The Hall–Kier alpha value is -1.26. The first-order chi connectivity index (χ1) is 10.2. The molecule has 0 aromatic heterocycles. The lowest BCUT2D eigenvalue weighted by Gasteiger charge is -2.32. The van der Waals surface area contributed by atoms with E-state index < -0.39 is 6.10 Å². The molecule has 1 unspecified atom stereocenters. The fourth-order valence-corrected chi connectivity index (χ4v) is 2.94. The van der Waals surface area contributed by atoms with Crippen molar-refractivity contribution in [1.82, 2.24) is 4.90 Å². The maximum atomic E-state index is 10.1. The summed E-state index contributed by atoms with van der Waals surface area (Å²) in [6.45, 7) is 0.971. The first-order valence-electron chi connectivity index (χ1n) is 7.84. The van der Waals surface area contributed by atoms with Crippen LogP contribution in [0.3, 0.4) is 0 Å². The van der Waals surface area contributed by atoms with E-state index in [2.05, 4.69) is 11.9 Å². The van der Waals surface area contributed by atoms with E-state index in [1.54, 1.807) is 7.11 Å². The smallest absolute Gasteiger partial charge is 0.123 e. The fourth-order valence-electron chi connectivity index (χ4n) is 2.94. The van der Waals surface area contributed by atoms with Crippen molar-refractivity contribution in [2.45, 2.75) is 44.2 Å². The molecule has 1 saturated carbocycles.